The van der Waals surface area contributed by atoms with Crippen LogP contribution in [0.25, 0.3) is 0 Å². The molecule has 16 heavy (non-hydrogen) atoms. The maximum absolute atomic E-state index is 11.6. The van der Waals surface area contributed by atoms with Gasteiger partial charge in [-0.2, -0.15) is 0 Å². The average molecular weight is 259 g/mol. The van der Waals surface area contributed by atoms with E-state index in [1.807, 2.05) is 12.1 Å². The molecular formula is C11H15ClN2OS. The zero-order valence-corrected chi connectivity index (χ0v) is 10.5. The van der Waals surface area contributed by atoms with Crippen LogP contribution in [-0.2, 0) is 11.3 Å². The van der Waals surface area contributed by atoms with E-state index in [0.717, 1.165) is 22.2 Å². The standard InChI is InChI=1S/C11H15ClN2OS/c12-10-4-3-9(16-10)7-14-11(15)6-8-2-1-5-13-8/h3-4,8,13H,1-2,5-7H2,(H,14,15). The molecule has 0 radical (unpaired) electrons. The van der Waals surface area contributed by atoms with Gasteiger partial charge in [0.15, 0.2) is 0 Å². The van der Waals surface area contributed by atoms with Gasteiger partial charge < -0.3 is 10.6 Å². The first kappa shape index (κ1) is 11.9. The zero-order valence-electron chi connectivity index (χ0n) is 8.96. The maximum atomic E-state index is 11.6. The highest BCUT2D eigenvalue weighted by atomic mass is 35.5. The first-order valence-electron chi connectivity index (χ1n) is 5.48. The van der Waals surface area contributed by atoms with Gasteiger partial charge in [-0.1, -0.05) is 11.6 Å². The molecular weight excluding hydrogens is 244 g/mol. The number of amides is 1. The van der Waals surface area contributed by atoms with E-state index in [9.17, 15) is 4.79 Å². The van der Waals surface area contributed by atoms with Crippen LogP contribution in [-0.4, -0.2) is 18.5 Å². The topological polar surface area (TPSA) is 41.1 Å². The smallest absolute Gasteiger partial charge is 0.221 e. The Morgan fingerprint density at radius 2 is 2.50 bits per heavy atom. The average Bonchev–Trinajstić information content (AvgIpc) is 2.87. The molecule has 88 valence electrons. The number of carbonyl (C=O) groups excluding carboxylic acids is 1. The Bertz CT molecular complexity index is 361. The quantitative estimate of drug-likeness (QED) is 0.869. The van der Waals surface area contributed by atoms with Gasteiger partial charge in [-0.15, -0.1) is 11.3 Å². The molecule has 1 amide bonds. The van der Waals surface area contributed by atoms with E-state index in [-0.39, 0.29) is 5.91 Å². The monoisotopic (exact) mass is 258 g/mol. The minimum Gasteiger partial charge on any atom is -0.351 e. The highest BCUT2D eigenvalue weighted by molar-refractivity contribution is 7.16. The lowest BCUT2D eigenvalue weighted by Crippen LogP contribution is -2.31. The summed E-state index contributed by atoms with van der Waals surface area (Å²) < 4.78 is 0.765. The van der Waals surface area contributed by atoms with E-state index in [4.69, 9.17) is 11.6 Å². The van der Waals surface area contributed by atoms with Crippen molar-refractivity contribution in [1.82, 2.24) is 10.6 Å². The van der Waals surface area contributed by atoms with Crippen molar-refractivity contribution < 1.29 is 4.79 Å². The van der Waals surface area contributed by atoms with Gasteiger partial charge >= 0.3 is 0 Å². The summed E-state index contributed by atoms with van der Waals surface area (Å²) in [5.74, 6) is 0.115. The maximum Gasteiger partial charge on any atom is 0.221 e. The van der Waals surface area contributed by atoms with Gasteiger partial charge in [-0.3, -0.25) is 4.79 Å². The summed E-state index contributed by atoms with van der Waals surface area (Å²) in [4.78, 5) is 12.7. The van der Waals surface area contributed by atoms with Crippen molar-refractivity contribution in [2.75, 3.05) is 6.54 Å². The number of rotatable bonds is 4. The Morgan fingerprint density at radius 3 is 3.12 bits per heavy atom. The van der Waals surface area contributed by atoms with Crippen molar-refractivity contribution in [3.05, 3.63) is 21.3 Å². The van der Waals surface area contributed by atoms with E-state index >= 15 is 0 Å². The number of thiophene rings is 1. The van der Waals surface area contributed by atoms with Crippen LogP contribution in [0.5, 0.6) is 0 Å². The van der Waals surface area contributed by atoms with Crippen molar-refractivity contribution in [3.8, 4) is 0 Å². The largest absolute Gasteiger partial charge is 0.351 e. The van der Waals surface area contributed by atoms with E-state index in [2.05, 4.69) is 10.6 Å². The second kappa shape index (κ2) is 5.66. The Balaban J connectivity index is 1.71. The van der Waals surface area contributed by atoms with Crippen molar-refractivity contribution in [3.63, 3.8) is 0 Å². The van der Waals surface area contributed by atoms with Gasteiger partial charge in [-0.05, 0) is 31.5 Å². The molecule has 1 aromatic rings. The summed E-state index contributed by atoms with van der Waals surface area (Å²) in [5.41, 5.74) is 0. The van der Waals surface area contributed by atoms with Gasteiger partial charge in [0.2, 0.25) is 5.91 Å². The molecule has 0 aromatic carbocycles. The fourth-order valence-corrected chi connectivity index (χ4v) is 2.89. The lowest BCUT2D eigenvalue weighted by atomic mass is 10.1. The molecule has 1 aliphatic rings. The minimum atomic E-state index is 0.115. The van der Waals surface area contributed by atoms with Crippen LogP contribution in [0.2, 0.25) is 4.34 Å². The normalized spacial score (nSPS) is 19.9. The third-order valence-corrected chi connectivity index (χ3v) is 3.91. The second-order valence-electron chi connectivity index (χ2n) is 3.98. The lowest BCUT2D eigenvalue weighted by molar-refractivity contribution is -0.121. The highest BCUT2D eigenvalue weighted by Crippen LogP contribution is 2.21. The molecule has 1 unspecified atom stereocenters. The number of hydrogen-bond donors (Lipinski definition) is 2. The number of halogens is 1. The summed E-state index contributed by atoms with van der Waals surface area (Å²) in [6.07, 6.45) is 2.87. The summed E-state index contributed by atoms with van der Waals surface area (Å²) >= 11 is 7.32. The molecule has 0 saturated carbocycles. The molecule has 1 saturated heterocycles. The Hall–Kier alpha value is -0.580. The van der Waals surface area contributed by atoms with Crippen LogP contribution >= 0.6 is 22.9 Å². The van der Waals surface area contributed by atoms with Gasteiger partial charge in [0.1, 0.15) is 0 Å². The Morgan fingerprint density at radius 1 is 1.62 bits per heavy atom. The summed E-state index contributed by atoms with van der Waals surface area (Å²) in [6.45, 7) is 1.63. The first-order chi connectivity index (χ1) is 7.74. The summed E-state index contributed by atoms with van der Waals surface area (Å²) in [7, 11) is 0. The fourth-order valence-electron chi connectivity index (χ4n) is 1.86. The molecule has 1 aromatic heterocycles. The van der Waals surface area contributed by atoms with Crippen LogP contribution in [0.15, 0.2) is 12.1 Å². The summed E-state index contributed by atoms with van der Waals surface area (Å²) in [6, 6.07) is 4.17. The first-order valence-corrected chi connectivity index (χ1v) is 6.68. The Kier molecular flexibility index (Phi) is 4.21. The third kappa shape index (κ3) is 3.47. The molecule has 1 aliphatic heterocycles. The number of hydrogen-bond acceptors (Lipinski definition) is 3. The van der Waals surface area contributed by atoms with Crippen molar-refractivity contribution in [2.45, 2.75) is 31.8 Å². The molecule has 1 fully saturated rings. The predicted octanol–water partition coefficient (Wildman–Crippen LogP) is 2.16. The molecule has 2 rings (SSSR count). The molecule has 5 heteroatoms. The van der Waals surface area contributed by atoms with Crippen molar-refractivity contribution in [2.24, 2.45) is 0 Å². The van der Waals surface area contributed by atoms with Gasteiger partial charge in [0.05, 0.1) is 10.9 Å². The predicted molar refractivity (Wildman–Crippen MR) is 66.8 cm³/mol. The van der Waals surface area contributed by atoms with E-state index in [1.54, 1.807) is 0 Å². The molecule has 2 heterocycles. The molecule has 0 bridgehead atoms. The second-order valence-corrected chi connectivity index (χ2v) is 5.78. The molecule has 0 spiro atoms. The lowest BCUT2D eigenvalue weighted by Gasteiger charge is -2.09. The zero-order chi connectivity index (χ0) is 11.4. The van der Waals surface area contributed by atoms with Crippen molar-refractivity contribution >= 4 is 28.8 Å². The van der Waals surface area contributed by atoms with Gasteiger partial charge in [-0.25, -0.2) is 0 Å². The van der Waals surface area contributed by atoms with Crippen LogP contribution < -0.4 is 10.6 Å². The van der Waals surface area contributed by atoms with E-state index in [1.165, 1.54) is 17.8 Å². The number of nitrogens with one attached hydrogen (secondary N) is 2. The minimum absolute atomic E-state index is 0.115. The van der Waals surface area contributed by atoms with Gasteiger partial charge in [0, 0.05) is 17.3 Å². The summed E-state index contributed by atoms with van der Waals surface area (Å²) in [5, 5.41) is 6.22. The van der Waals surface area contributed by atoms with Crippen LogP contribution in [0, 0.1) is 0 Å². The SMILES string of the molecule is O=C(CC1CCCN1)NCc1ccc(Cl)s1. The van der Waals surface area contributed by atoms with Crippen LogP contribution in [0.4, 0.5) is 0 Å². The Labute approximate surface area is 104 Å². The molecule has 0 aliphatic carbocycles. The molecule has 3 nitrogen and oxygen atoms in total. The van der Waals surface area contributed by atoms with E-state index in [0.29, 0.717) is 19.0 Å². The molecule has 1 atom stereocenters. The highest BCUT2D eigenvalue weighted by Gasteiger charge is 2.17. The van der Waals surface area contributed by atoms with Crippen LogP contribution in [0.1, 0.15) is 24.1 Å². The van der Waals surface area contributed by atoms with Gasteiger partial charge in [0.25, 0.3) is 0 Å². The van der Waals surface area contributed by atoms with Crippen molar-refractivity contribution in [1.29, 1.82) is 0 Å². The van der Waals surface area contributed by atoms with E-state index < -0.39 is 0 Å². The number of carbonyl (C=O) groups is 1. The molecule has 2 N–H and O–H groups in total. The third-order valence-electron chi connectivity index (χ3n) is 2.68. The fraction of sp³-hybridized carbons (Fsp3) is 0.545. The van der Waals surface area contributed by atoms with Crippen LogP contribution in [0.3, 0.4) is 0 Å².